The fourth-order valence-electron chi connectivity index (χ4n) is 3.72. The monoisotopic (exact) mass is 461 g/mol. The molecule has 1 aliphatic heterocycles. The van der Waals surface area contributed by atoms with E-state index in [1.54, 1.807) is 29.5 Å². The average Bonchev–Trinajstić information content (AvgIpc) is 3.27. The van der Waals surface area contributed by atoms with Crippen molar-refractivity contribution in [3.05, 3.63) is 87.9 Å². The van der Waals surface area contributed by atoms with Gasteiger partial charge < -0.3 is 15.0 Å². The first kappa shape index (κ1) is 22.7. The molecule has 3 aromatic rings. The minimum atomic E-state index is -0.0627. The predicted molar refractivity (Wildman–Crippen MR) is 130 cm³/mol. The summed E-state index contributed by atoms with van der Waals surface area (Å²) in [6, 6.07) is 16.9. The molecule has 170 valence electrons. The fraction of sp³-hybridized carbons (Fsp3) is 0.269. The summed E-state index contributed by atoms with van der Waals surface area (Å²) in [5.41, 5.74) is 2.48. The van der Waals surface area contributed by atoms with E-state index in [4.69, 9.17) is 4.74 Å². The number of hydrogen-bond acceptors (Lipinski definition) is 5. The number of aryl methyl sites for hydroxylation is 1. The van der Waals surface area contributed by atoms with Gasteiger partial charge in [-0.2, -0.15) is 0 Å². The van der Waals surface area contributed by atoms with Crippen LogP contribution in [0.15, 0.2) is 66.1 Å². The Labute approximate surface area is 197 Å². The van der Waals surface area contributed by atoms with Crippen LogP contribution in [0.2, 0.25) is 0 Å². The number of rotatable bonds is 7. The molecule has 0 aliphatic carbocycles. The maximum atomic E-state index is 12.6. The van der Waals surface area contributed by atoms with Crippen LogP contribution in [0.25, 0.3) is 6.08 Å². The summed E-state index contributed by atoms with van der Waals surface area (Å²) in [5, 5.41) is 6.09. The second-order valence-corrected chi connectivity index (χ2v) is 9.05. The molecule has 6 nitrogen and oxygen atoms in total. The summed E-state index contributed by atoms with van der Waals surface area (Å²) >= 11 is 1.60. The van der Waals surface area contributed by atoms with Crippen LogP contribution in [0.5, 0.6) is 5.75 Å². The highest BCUT2D eigenvalue weighted by Crippen LogP contribution is 2.18. The number of nitrogens with one attached hydrogen (secondary N) is 1. The smallest absolute Gasteiger partial charge is 0.251 e. The first-order valence-corrected chi connectivity index (χ1v) is 11.9. The number of ether oxygens (including phenoxy) is 1. The predicted octanol–water partition coefficient (Wildman–Crippen LogP) is 4.46. The number of aromatic nitrogens is 1. The Kier molecular flexibility index (Phi) is 7.52. The van der Waals surface area contributed by atoms with Crippen LogP contribution >= 0.6 is 11.3 Å². The van der Waals surface area contributed by atoms with Crippen LogP contribution in [0.3, 0.4) is 0 Å². The van der Waals surface area contributed by atoms with Crippen LogP contribution in [-0.4, -0.2) is 40.8 Å². The van der Waals surface area contributed by atoms with Crippen LogP contribution in [0.4, 0.5) is 0 Å². The molecule has 0 atom stereocenters. The van der Waals surface area contributed by atoms with Crippen molar-refractivity contribution < 1.29 is 14.3 Å². The number of carbonyl (C=O) groups is 2. The number of likely N-dealkylation sites (tertiary alicyclic amines) is 1. The molecule has 0 saturated carbocycles. The lowest BCUT2D eigenvalue weighted by Crippen LogP contribution is -2.46. The Hall–Kier alpha value is -3.45. The molecule has 4 rings (SSSR count). The molecule has 1 fully saturated rings. The average molecular weight is 462 g/mol. The Morgan fingerprint density at radius 3 is 2.67 bits per heavy atom. The van der Waals surface area contributed by atoms with E-state index < -0.39 is 0 Å². The number of carbonyl (C=O) groups excluding carboxylic acids is 2. The molecule has 33 heavy (non-hydrogen) atoms. The second kappa shape index (κ2) is 10.9. The molecule has 1 aromatic heterocycles. The zero-order chi connectivity index (χ0) is 23.0. The van der Waals surface area contributed by atoms with Gasteiger partial charge in [-0.05, 0) is 55.7 Å². The summed E-state index contributed by atoms with van der Waals surface area (Å²) in [4.78, 5) is 31.2. The molecule has 0 radical (unpaired) electrons. The van der Waals surface area contributed by atoms with E-state index in [0.29, 0.717) is 25.3 Å². The normalized spacial score (nSPS) is 14.4. The molecular formula is C26H27N3O3S. The lowest BCUT2D eigenvalue weighted by atomic mass is 10.0. The van der Waals surface area contributed by atoms with Crippen molar-refractivity contribution in [3.63, 3.8) is 0 Å². The standard InChI is InChI=1S/C26H27N3O3S/c1-19-27-23(18-33-19)17-32-24-9-5-6-20(16-24)10-11-25(30)29-14-12-22(13-15-29)28-26(31)21-7-3-2-4-8-21/h2-11,16,18,22H,12-15,17H2,1H3,(H,28,31)/b11-10+. The van der Waals surface area contributed by atoms with Crippen molar-refractivity contribution in [1.29, 1.82) is 0 Å². The highest BCUT2D eigenvalue weighted by atomic mass is 32.1. The highest BCUT2D eigenvalue weighted by molar-refractivity contribution is 7.09. The van der Waals surface area contributed by atoms with Gasteiger partial charge in [-0.25, -0.2) is 4.98 Å². The molecule has 2 heterocycles. The molecule has 0 spiro atoms. The number of nitrogens with zero attached hydrogens (tertiary/aromatic N) is 2. The molecule has 2 aromatic carbocycles. The molecule has 0 bridgehead atoms. The number of hydrogen-bond donors (Lipinski definition) is 1. The fourth-order valence-corrected chi connectivity index (χ4v) is 4.31. The van der Waals surface area contributed by atoms with Gasteiger partial charge in [0, 0.05) is 36.2 Å². The zero-order valence-electron chi connectivity index (χ0n) is 18.6. The van der Waals surface area contributed by atoms with Crippen LogP contribution < -0.4 is 10.1 Å². The van der Waals surface area contributed by atoms with Crippen molar-refractivity contribution in [2.45, 2.75) is 32.4 Å². The van der Waals surface area contributed by atoms with E-state index in [0.717, 1.165) is 34.9 Å². The third-order valence-electron chi connectivity index (χ3n) is 5.51. The third-order valence-corrected chi connectivity index (χ3v) is 6.33. The lowest BCUT2D eigenvalue weighted by molar-refractivity contribution is -0.126. The molecule has 1 N–H and O–H groups in total. The van der Waals surface area contributed by atoms with E-state index in [-0.39, 0.29) is 17.9 Å². The second-order valence-electron chi connectivity index (χ2n) is 7.99. The molecule has 0 unspecified atom stereocenters. The van der Waals surface area contributed by atoms with Gasteiger partial charge in [-0.1, -0.05) is 30.3 Å². The van der Waals surface area contributed by atoms with E-state index in [9.17, 15) is 9.59 Å². The Bertz CT molecular complexity index is 1120. The zero-order valence-corrected chi connectivity index (χ0v) is 19.4. The number of thiazole rings is 1. The van der Waals surface area contributed by atoms with Gasteiger partial charge in [0.2, 0.25) is 5.91 Å². The summed E-state index contributed by atoms with van der Waals surface area (Å²) in [6.45, 7) is 3.64. The molecule has 7 heteroatoms. The van der Waals surface area contributed by atoms with Crippen molar-refractivity contribution in [1.82, 2.24) is 15.2 Å². The largest absolute Gasteiger partial charge is 0.487 e. The number of piperidine rings is 1. The SMILES string of the molecule is Cc1nc(COc2cccc(/C=C/C(=O)N3CCC(NC(=O)c4ccccc4)CC3)c2)cs1. The van der Waals surface area contributed by atoms with Crippen molar-refractivity contribution in [2.24, 2.45) is 0 Å². The minimum absolute atomic E-state index is 0.0212. The van der Waals surface area contributed by atoms with Crippen molar-refractivity contribution >= 4 is 29.2 Å². The van der Waals surface area contributed by atoms with E-state index in [2.05, 4.69) is 10.3 Å². The van der Waals surface area contributed by atoms with Gasteiger partial charge in [-0.3, -0.25) is 9.59 Å². The van der Waals surface area contributed by atoms with Gasteiger partial charge in [0.1, 0.15) is 12.4 Å². The Morgan fingerprint density at radius 1 is 1.15 bits per heavy atom. The summed E-state index contributed by atoms with van der Waals surface area (Å²) in [7, 11) is 0. The quantitative estimate of drug-likeness (QED) is 0.527. The Balaban J connectivity index is 1.25. The summed E-state index contributed by atoms with van der Waals surface area (Å²) in [6.07, 6.45) is 4.91. The summed E-state index contributed by atoms with van der Waals surface area (Å²) in [5.74, 6) is 0.657. The van der Waals surface area contributed by atoms with Gasteiger partial charge in [0.25, 0.3) is 5.91 Å². The molecule has 1 saturated heterocycles. The van der Waals surface area contributed by atoms with E-state index in [1.807, 2.05) is 65.7 Å². The van der Waals surface area contributed by atoms with Gasteiger partial charge >= 0.3 is 0 Å². The van der Waals surface area contributed by atoms with Gasteiger partial charge in [0.15, 0.2) is 0 Å². The molecule has 2 amide bonds. The molecular weight excluding hydrogens is 434 g/mol. The number of benzene rings is 2. The first-order valence-electron chi connectivity index (χ1n) is 11.0. The van der Waals surface area contributed by atoms with Crippen LogP contribution in [-0.2, 0) is 11.4 Å². The van der Waals surface area contributed by atoms with Crippen molar-refractivity contribution in [3.8, 4) is 5.75 Å². The maximum absolute atomic E-state index is 12.6. The third kappa shape index (κ3) is 6.52. The highest BCUT2D eigenvalue weighted by Gasteiger charge is 2.23. The van der Waals surface area contributed by atoms with Gasteiger partial charge in [0.05, 0.1) is 10.7 Å². The maximum Gasteiger partial charge on any atom is 0.251 e. The first-order chi connectivity index (χ1) is 16.1. The van der Waals surface area contributed by atoms with Crippen LogP contribution in [0, 0.1) is 6.92 Å². The Morgan fingerprint density at radius 2 is 1.94 bits per heavy atom. The topological polar surface area (TPSA) is 71.5 Å². The van der Waals surface area contributed by atoms with Crippen molar-refractivity contribution in [2.75, 3.05) is 13.1 Å². The summed E-state index contributed by atoms with van der Waals surface area (Å²) < 4.78 is 5.83. The van der Waals surface area contributed by atoms with E-state index >= 15 is 0 Å². The molecule has 1 aliphatic rings. The van der Waals surface area contributed by atoms with E-state index in [1.165, 1.54) is 0 Å². The lowest BCUT2D eigenvalue weighted by Gasteiger charge is -2.31. The van der Waals surface area contributed by atoms with Crippen LogP contribution in [0.1, 0.15) is 39.5 Å². The minimum Gasteiger partial charge on any atom is -0.487 e. The van der Waals surface area contributed by atoms with Gasteiger partial charge in [-0.15, -0.1) is 11.3 Å². The number of amides is 2.